The molecule has 3 nitrogen and oxygen atoms in total. The lowest BCUT2D eigenvalue weighted by molar-refractivity contribution is 0.0825. The Balaban J connectivity index is 2.54. The zero-order chi connectivity index (χ0) is 12.1. The molecule has 0 spiro atoms. The van der Waals surface area contributed by atoms with Gasteiger partial charge in [-0.15, -0.1) is 0 Å². The first kappa shape index (κ1) is 13.0. The van der Waals surface area contributed by atoms with Crippen LogP contribution >= 0.6 is 0 Å². The topological polar surface area (TPSA) is 32.7 Å². The average Bonchev–Trinajstić information content (AvgIpc) is 2.15. The third-order valence-corrected chi connectivity index (χ3v) is 2.40. The van der Waals surface area contributed by atoms with Crippen LogP contribution in [-0.2, 0) is 0 Å². The van der Waals surface area contributed by atoms with Crippen LogP contribution in [0.25, 0.3) is 0 Å². The molecule has 16 heavy (non-hydrogen) atoms. The van der Waals surface area contributed by atoms with Crippen molar-refractivity contribution in [1.82, 2.24) is 4.90 Å². The molecule has 0 radical (unpaired) electrons. The molecule has 0 unspecified atom stereocenters. The van der Waals surface area contributed by atoms with Crippen LogP contribution in [0.2, 0.25) is 0 Å². The van der Waals surface area contributed by atoms with Gasteiger partial charge in [-0.25, -0.2) is 0 Å². The Labute approximate surface area is 97.7 Å². The fourth-order valence-corrected chi connectivity index (χ4v) is 1.68. The molecule has 0 saturated heterocycles. The second kappa shape index (κ2) is 5.87. The van der Waals surface area contributed by atoms with Crippen LogP contribution in [0.15, 0.2) is 18.2 Å². The van der Waals surface area contributed by atoms with Gasteiger partial charge in [0.25, 0.3) is 0 Å². The van der Waals surface area contributed by atoms with Gasteiger partial charge in [-0.05, 0) is 39.1 Å². The number of nitrogens with zero attached hydrogens (tertiary/aromatic N) is 1. The maximum atomic E-state index is 9.70. The van der Waals surface area contributed by atoms with Crippen LogP contribution in [0.4, 0.5) is 0 Å². The highest BCUT2D eigenvalue weighted by Gasteiger charge is 2.09. The van der Waals surface area contributed by atoms with Crippen molar-refractivity contribution in [2.24, 2.45) is 0 Å². The monoisotopic (exact) mass is 223 g/mol. The van der Waals surface area contributed by atoms with Crippen molar-refractivity contribution in [3.63, 3.8) is 0 Å². The third-order valence-electron chi connectivity index (χ3n) is 2.40. The maximum absolute atomic E-state index is 9.70. The van der Waals surface area contributed by atoms with E-state index in [4.69, 9.17) is 4.74 Å². The maximum Gasteiger partial charge on any atom is 0.125 e. The Morgan fingerprint density at radius 3 is 2.31 bits per heavy atom. The van der Waals surface area contributed by atoms with Gasteiger partial charge in [0.15, 0.2) is 0 Å². The fourth-order valence-electron chi connectivity index (χ4n) is 1.68. The van der Waals surface area contributed by atoms with Gasteiger partial charge in [0, 0.05) is 6.54 Å². The Morgan fingerprint density at radius 1 is 1.25 bits per heavy atom. The Hall–Kier alpha value is -1.06. The molecule has 0 aliphatic heterocycles. The van der Waals surface area contributed by atoms with Gasteiger partial charge in [-0.3, -0.25) is 0 Å². The predicted octanol–water partition coefficient (Wildman–Crippen LogP) is 1.60. The minimum atomic E-state index is -0.450. The van der Waals surface area contributed by atoms with E-state index < -0.39 is 6.10 Å². The highest BCUT2D eigenvalue weighted by molar-refractivity contribution is 5.39. The summed E-state index contributed by atoms with van der Waals surface area (Å²) < 4.78 is 5.65. The number of ether oxygens (including phenoxy) is 1. The van der Waals surface area contributed by atoms with Gasteiger partial charge in [0.05, 0.1) is 0 Å². The smallest absolute Gasteiger partial charge is 0.125 e. The van der Waals surface area contributed by atoms with E-state index in [-0.39, 0.29) is 0 Å². The molecule has 0 aliphatic rings. The van der Waals surface area contributed by atoms with E-state index >= 15 is 0 Å². The van der Waals surface area contributed by atoms with Crippen LogP contribution in [0.5, 0.6) is 5.75 Å². The van der Waals surface area contributed by atoms with Gasteiger partial charge in [0.2, 0.25) is 0 Å². The van der Waals surface area contributed by atoms with Crippen LogP contribution < -0.4 is 4.74 Å². The van der Waals surface area contributed by atoms with Crippen LogP contribution in [-0.4, -0.2) is 43.4 Å². The van der Waals surface area contributed by atoms with E-state index in [1.165, 1.54) is 0 Å². The minimum absolute atomic E-state index is 0.337. The number of rotatable bonds is 5. The van der Waals surface area contributed by atoms with Crippen molar-refractivity contribution in [2.45, 2.75) is 20.0 Å². The third kappa shape index (κ3) is 3.83. The molecular weight excluding hydrogens is 202 g/mol. The lowest BCUT2D eigenvalue weighted by atomic mass is 10.1. The van der Waals surface area contributed by atoms with E-state index in [0.717, 1.165) is 16.9 Å². The molecule has 0 saturated carbocycles. The van der Waals surface area contributed by atoms with Gasteiger partial charge >= 0.3 is 0 Å². The fraction of sp³-hybridized carbons (Fsp3) is 0.538. The van der Waals surface area contributed by atoms with Crippen molar-refractivity contribution >= 4 is 0 Å². The summed E-state index contributed by atoms with van der Waals surface area (Å²) in [5.41, 5.74) is 2.22. The van der Waals surface area contributed by atoms with Crippen LogP contribution in [0.3, 0.4) is 0 Å². The second-order valence-electron chi connectivity index (χ2n) is 4.45. The SMILES string of the molecule is Cc1cccc(C)c1OC[C@@H](O)CN(C)C. The van der Waals surface area contributed by atoms with Crippen molar-refractivity contribution in [1.29, 1.82) is 0 Å². The first-order valence-corrected chi connectivity index (χ1v) is 5.52. The lowest BCUT2D eigenvalue weighted by Crippen LogP contribution is -2.30. The van der Waals surface area contributed by atoms with Crippen molar-refractivity contribution in [3.8, 4) is 5.75 Å². The van der Waals surface area contributed by atoms with Gasteiger partial charge < -0.3 is 14.7 Å². The number of aliphatic hydroxyl groups excluding tert-OH is 1. The van der Waals surface area contributed by atoms with Crippen LogP contribution in [0, 0.1) is 13.8 Å². The molecule has 1 aromatic rings. The number of benzene rings is 1. The highest BCUT2D eigenvalue weighted by Crippen LogP contribution is 2.22. The average molecular weight is 223 g/mol. The molecule has 0 bridgehead atoms. The molecule has 0 amide bonds. The number of hydrogen-bond acceptors (Lipinski definition) is 3. The molecule has 1 N–H and O–H groups in total. The zero-order valence-corrected chi connectivity index (χ0v) is 10.5. The van der Waals surface area contributed by atoms with Gasteiger partial charge in [-0.1, -0.05) is 18.2 Å². The summed E-state index contributed by atoms with van der Waals surface area (Å²) in [6.07, 6.45) is -0.450. The van der Waals surface area contributed by atoms with Crippen molar-refractivity contribution in [2.75, 3.05) is 27.2 Å². The molecule has 0 heterocycles. The van der Waals surface area contributed by atoms with Crippen molar-refractivity contribution in [3.05, 3.63) is 29.3 Å². The standard InChI is InChI=1S/C13H21NO2/c1-10-6-5-7-11(2)13(10)16-9-12(15)8-14(3)4/h5-7,12,15H,8-9H2,1-4H3/t12-/m0/s1. The molecule has 1 aromatic carbocycles. The lowest BCUT2D eigenvalue weighted by Gasteiger charge is -2.18. The molecule has 0 aliphatic carbocycles. The largest absolute Gasteiger partial charge is 0.490 e. The number of aliphatic hydroxyl groups is 1. The quantitative estimate of drug-likeness (QED) is 0.823. The summed E-state index contributed by atoms with van der Waals surface area (Å²) in [7, 11) is 3.87. The Bertz CT molecular complexity index is 316. The van der Waals surface area contributed by atoms with Gasteiger partial charge in [0.1, 0.15) is 18.5 Å². The molecular formula is C13H21NO2. The Kier molecular flexibility index (Phi) is 4.77. The van der Waals surface area contributed by atoms with E-state index in [1.54, 1.807) is 0 Å². The van der Waals surface area contributed by atoms with E-state index in [2.05, 4.69) is 0 Å². The normalized spacial score (nSPS) is 12.9. The van der Waals surface area contributed by atoms with Gasteiger partial charge in [-0.2, -0.15) is 0 Å². The molecule has 1 rings (SSSR count). The summed E-state index contributed by atoms with van der Waals surface area (Å²) in [5.74, 6) is 0.889. The number of likely N-dealkylation sites (N-methyl/N-ethyl adjacent to an activating group) is 1. The first-order chi connectivity index (χ1) is 7.50. The first-order valence-electron chi connectivity index (χ1n) is 5.52. The summed E-state index contributed by atoms with van der Waals surface area (Å²) >= 11 is 0. The molecule has 3 heteroatoms. The number of para-hydroxylation sites is 1. The number of aryl methyl sites for hydroxylation is 2. The predicted molar refractivity (Wildman–Crippen MR) is 66.0 cm³/mol. The molecule has 0 fully saturated rings. The second-order valence-corrected chi connectivity index (χ2v) is 4.45. The summed E-state index contributed by atoms with van der Waals surface area (Å²) in [6.45, 7) is 4.98. The number of hydrogen-bond donors (Lipinski definition) is 1. The van der Waals surface area contributed by atoms with E-state index in [1.807, 2.05) is 51.0 Å². The zero-order valence-electron chi connectivity index (χ0n) is 10.5. The Morgan fingerprint density at radius 2 is 1.81 bits per heavy atom. The molecule has 90 valence electrons. The van der Waals surface area contributed by atoms with E-state index in [0.29, 0.717) is 13.2 Å². The van der Waals surface area contributed by atoms with Crippen molar-refractivity contribution < 1.29 is 9.84 Å². The van der Waals surface area contributed by atoms with E-state index in [9.17, 15) is 5.11 Å². The molecule has 0 aromatic heterocycles. The summed E-state index contributed by atoms with van der Waals surface area (Å²) in [5, 5.41) is 9.70. The van der Waals surface area contributed by atoms with Crippen LogP contribution in [0.1, 0.15) is 11.1 Å². The minimum Gasteiger partial charge on any atom is -0.490 e. The summed E-state index contributed by atoms with van der Waals surface area (Å²) in [4.78, 5) is 1.94. The molecule has 1 atom stereocenters. The summed E-state index contributed by atoms with van der Waals surface area (Å²) in [6, 6.07) is 6.04. The highest BCUT2D eigenvalue weighted by atomic mass is 16.5.